The highest BCUT2D eigenvalue weighted by atomic mass is 16.8. The number of ether oxygens (including phenoxy) is 1. The summed E-state index contributed by atoms with van der Waals surface area (Å²) in [4.78, 5) is 22.9. The summed E-state index contributed by atoms with van der Waals surface area (Å²) in [5.74, 6) is -1.30. The third-order valence-electron chi connectivity index (χ3n) is 2.69. The number of aliphatic hydroxyl groups is 1. The molecule has 0 aromatic heterocycles. The Labute approximate surface area is 121 Å². The quantitative estimate of drug-likeness (QED) is 0.402. The van der Waals surface area contributed by atoms with Crippen molar-refractivity contribution in [3.63, 3.8) is 0 Å². The molecule has 3 atom stereocenters. The van der Waals surface area contributed by atoms with Crippen LogP contribution in [-0.4, -0.2) is 34.8 Å². The molecule has 1 aromatic carbocycles. The minimum absolute atomic E-state index is 0.0306. The van der Waals surface area contributed by atoms with Gasteiger partial charge >= 0.3 is 5.97 Å². The number of hydrogen-bond donors (Lipinski definition) is 4. The first-order valence-electron chi connectivity index (χ1n) is 6.31. The molecule has 0 saturated carbocycles. The summed E-state index contributed by atoms with van der Waals surface area (Å²) in [5, 5.41) is 31.2. The Bertz CT molecular complexity index is 505. The number of nitrogens with one attached hydrogen (secondary N) is 2. The average Bonchev–Trinajstić information content (AvgIpc) is 2.44. The van der Waals surface area contributed by atoms with Crippen molar-refractivity contribution in [2.45, 2.75) is 26.0 Å². The number of esters is 1. The predicted octanol–water partition coefficient (Wildman–Crippen LogP) is -0.809. The van der Waals surface area contributed by atoms with E-state index in [0.29, 0.717) is 0 Å². The SMILES string of the molecule is CCOC(=O)C(NC(C)=O)C(O)c1cccc([NH+]([O-])O)c1. The van der Waals surface area contributed by atoms with Gasteiger partial charge in [0.05, 0.1) is 6.61 Å². The summed E-state index contributed by atoms with van der Waals surface area (Å²) in [6, 6.07) is 4.20. The number of rotatable bonds is 6. The average molecular weight is 298 g/mol. The van der Waals surface area contributed by atoms with Gasteiger partial charge in [-0.1, -0.05) is 12.1 Å². The highest BCUT2D eigenvalue weighted by Crippen LogP contribution is 2.20. The summed E-state index contributed by atoms with van der Waals surface area (Å²) >= 11 is 0. The molecule has 1 aromatic rings. The van der Waals surface area contributed by atoms with Gasteiger partial charge in [-0.15, -0.1) is 0 Å². The Balaban J connectivity index is 3.03. The number of amides is 1. The van der Waals surface area contributed by atoms with Gasteiger partial charge in [-0.2, -0.15) is 5.23 Å². The lowest BCUT2D eigenvalue weighted by atomic mass is 10.0. The van der Waals surface area contributed by atoms with E-state index in [1.165, 1.54) is 31.2 Å². The zero-order chi connectivity index (χ0) is 16.0. The van der Waals surface area contributed by atoms with E-state index in [-0.39, 0.29) is 17.9 Å². The van der Waals surface area contributed by atoms with Crippen LogP contribution in [0.5, 0.6) is 0 Å². The fourth-order valence-corrected chi connectivity index (χ4v) is 1.77. The molecule has 1 rings (SSSR count). The van der Waals surface area contributed by atoms with Crippen LogP contribution < -0.4 is 10.5 Å². The normalized spacial score (nSPS) is 14.9. The van der Waals surface area contributed by atoms with Gasteiger partial charge in [0, 0.05) is 19.1 Å². The van der Waals surface area contributed by atoms with Crippen LogP contribution >= 0.6 is 0 Å². The third-order valence-corrected chi connectivity index (χ3v) is 2.69. The molecule has 0 aliphatic rings. The maximum absolute atomic E-state index is 11.8. The monoisotopic (exact) mass is 298 g/mol. The molecule has 0 aliphatic carbocycles. The Morgan fingerprint density at radius 1 is 1.48 bits per heavy atom. The molecule has 8 nitrogen and oxygen atoms in total. The molecule has 8 heteroatoms. The predicted molar refractivity (Wildman–Crippen MR) is 71.4 cm³/mol. The Morgan fingerprint density at radius 3 is 2.67 bits per heavy atom. The molecule has 116 valence electrons. The highest BCUT2D eigenvalue weighted by Gasteiger charge is 2.30. The van der Waals surface area contributed by atoms with E-state index in [1.807, 2.05) is 0 Å². The maximum Gasteiger partial charge on any atom is 0.331 e. The summed E-state index contributed by atoms with van der Waals surface area (Å²) in [6.45, 7) is 2.89. The second kappa shape index (κ2) is 7.70. The zero-order valence-corrected chi connectivity index (χ0v) is 11.7. The lowest BCUT2D eigenvalue weighted by Crippen LogP contribution is -2.99. The van der Waals surface area contributed by atoms with Crippen LogP contribution in [0.2, 0.25) is 0 Å². The first-order valence-corrected chi connectivity index (χ1v) is 6.31. The molecular formula is C13H18N2O6. The van der Waals surface area contributed by atoms with E-state index in [1.54, 1.807) is 6.92 Å². The Morgan fingerprint density at radius 2 is 2.14 bits per heavy atom. The fraction of sp³-hybridized carbons (Fsp3) is 0.385. The first kappa shape index (κ1) is 17.1. The van der Waals surface area contributed by atoms with E-state index >= 15 is 0 Å². The number of quaternary nitrogens is 1. The van der Waals surface area contributed by atoms with Crippen LogP contribution in [0.3, 0.4) is 0 Å². The van der Waals surface area contributed by atoms with Gasteiger partial charge < -0.3 is 20.4 Å². The summed E-state index contributed by atoms with van der Waals surface area (Å²) in [6.07, 6.45) is -1.41. The molecule has 0 bridgehead atoms. The van der Waals surface area contributed by atoms with Crippen molar-refractivity contribution in [2.24, 2.45) is 0 Å². The molecule has 0 fully saturated rings. The van der Waals surface area contributed by atoms with Crippen LogP contribution in [-0.2, 0) is 14.3 Å². The lowest BCUT2D eigenvalue weighted by molar-refractivity contribution is -0.991. The minimum Gasteiger partial charge on any atom is -0.595 e. The summed E-state index contributed by atoms with van der Waals surface area (Å²) in [5.41, 5.74) is 0.165. The molecule has 0 spiro atoms. The van der Waals surface area contributed by atoms with Gasteiger partial charge in [-0.3, -0.25) is 4.79 Å². The van der Waals surface area contributed by atoms with Gasteiger partial charge in [-0.25, -0.2) is 10.0 Å². The number of benzene rings is 1. The second-order valence-electron chi connectivity index (χ2n) is 4.31. The molecule has 3 unspecified atom stereocenters. The van der Waals surface area contributed by atoms with Gasteiger partial charge in [0.15, 0.2) is 11.7 Å². The minimum atomic E-state index is -1.41. The highest BCUT2D eigenvalue weighted by molar-refractivity contribution is 5.84. The Kier molecular flexibility index (Phi) is 6.25. The van der Waals surface area contributed by atoms with E-state index in [0.717, 1.165) is 0 Å². The van der Waals surface area contributed by atoms with Crippen LogP contribution in [0.4, 0.5) is 5.69 Å². The summed E-state index contributed by atoms with van der Waals surface area (Å²) in [7, 11) is 0. The number of aliphatic hydroxyl groups excluding tert-OH is 1. The Hall–Kier alpha value is -2.00. The summed E-state index contributed by atoms with van der Waals surface area (Å²) < 4.78 is 4.80. The lowest BCUT2D eigenvalue weighted by Gasteiger charge is -2.22. The molecule has 1 amide bonds. The van der Waals surface area contributed by atoms with Crippen LogP contribution in [0.1, 0.15) is 25.5 Å². The van der Waals surface area contributed by atoms with Gasteiger partial charge in [0.1, 0.15) is 6.10 Å². The van der Waals surface area contributed by atoms with Crippen molar-refractivity contribution in [3.05, 3.63) is 35.0 Å². The largest absolute Gasteiger partial charge is 0.595 e. The molecule has 4 N–H and O–H groups in total. The second-order valence-corrected chi connectivity index (χ2v) is 4.31. The smallest absolute Gasteiger partial charge is 0.331 e. The molecule has 0 heterocycles. The van der Waals surface area contributed by atoms with Gasteiger partial charge in [0.25, 0.3) is 0 Å². The molecule has 21 heavy (non-hydrogen) atoms. The van der Waals surface area contributed by atoms with E-state index < -0.39 is 29.2 Å². The standard InChI is InChI=1S/C13H18N2O6/c1-3-21-13(18)11(14-8(2)16)12(17)9-5-4-6-10(7-9)15(19)20/h4-7,11-12,15,17,19H,3H2,1-2H3,(H,14,16). The van der Waals surface area contributed by atoms with Crippen LogP contribution in [0.15, 0.2) is 24.3 Å². The fourth-order valence-electron chi connectivity index (χ4n) is 1.77. The number of carbonyl (C=O) groups is 2. The van der Waals surface area contributed by atoms with Gasteiger partial charge in [0.2, 0.25) is 5.91 Å². The molecule has 0 aliphatic heterocycles. The van der Waals surface area contributed by atoms with Crippen molar-refractivity contribution in [3.8, 4) is 0 Å². The van der Waals surface area contributed by atoms with Gasteiger partial charge in [-0.05, 0) is 12.5 Å². The molecule has 0 radical (unpaired) electrons. The van der Waals surface area contributed by atoms with E-state index in [4.69, 9.17) is 9.94 Å². The van der Waals surface area contributed by atoms with E-state index in [2.05, 4.69) is 5.32 Å². The topological polar surface area (TPSA) is 123 Å². The van der Waals surface area contributed by atoms with Crippen molar-refractivity contribution < 1.29 is 29.9 Å². The first-order chi connectivity index (χ1) is 9.86. The molecular weight excluding hydrogens is 280 g/mol. The van der Waals surface area contributed by atoms with E-state index in [9.17, 15) is 19.9 Å². The van der Waals surface area contributed by atoms with Crippen LogP contribution in [0.25, 0.3) is 0 Å². The van der Waals surface area contributed by atoms with Crippen molar-refractivity contribution in [2.75, 3.05) is 6.61 Å². The number of carbonyl (C=O) groups excluding carboxylic acids is 2. The molecule has 0 saturated heterocycles. The van der Waals surface area contributed by atoms with Crippen molar-refractivity contribution in [1.29, 1.82) is 0 Å². The number of hydrogen-bond acceptors (Lipinski definition) is 6. The van der Waals surface area contributed by atoms with Crippen molar-refractivity contribution >= 4 is 17.6 Å². The van der Waals surface area contributed by atoms with Crippen molar-refractivity contribution in [1.82, 2.24) is 5.32 Å². The van der Waals surface area contributed by atoms with Crippen LogP contribution in [0, 0.1) is 5.21 Å². The zero-order valence-electron chi connectivity index (χ0n) is 11.7. The third kappa shape index (κ3) is 4.80. The maximum atomic E-state index is 11.8.